The minimum absolute atomic E-state index is 0.309. The summed E-state index contributed by atoms with van der Waals surface area (Å²) in [5.41, 5.74) is 0.671. The highest BCUT2D eigenvalue weighted by Gasteiger charge is 2.23. The maximum atomic E-state index is 12.0. The molecule has 1 unspecified atom stereocenters. The highest BCUT2D eigenvalue weighted by molar-refractivity contribution is 7.89. The van der Waals surface area contributed by atoms with Crippen molar-refractivity contribution in [1.82, 2.24) is 9.62 Å². The average Bonchev–Trinajstić information content (AvgIpc) is 2.93. The molecule has 1 aromatic rings. The van der Waals surface area contributed by atoms with Gasteiger partial charge in [-0.05, 0) is 45.1 Å². The van der Waals surface area contributed by atoms with Crippen molar-refractivity contribution in [2.24, 2.45) is 0 Å². The first-order chi connectivity index (χ1) is 9.58. The molecule has 0 aromatic heterocycles. The number of hydrogen-bond donors (Lipinski definition) is 2. The first kappa shape index (κ1) is 15.3. The van der Waals surface area contributed by atoms with Crippen LogP contribution in [0.2, 0.25) is 0 Å². The Kier molecular flexibility index (Phi) is 5.01. The molecular weight excluding hydrogens is 274 g/mol. The fourth-order valence-electron chi connectivity index (χ4n) is 2.73. The number of likely N-dealkylation sites (N-methyl/N-ethyl adjacent to an activating group) is 1. The van der Waals surface area contributed by atoms with Gasteiger partial charge in [0.15, 0.2) is 0 Å². The van der Waals surface area contributed by atoms with Gasteiger partial charge in [0.2, 0.25) is 10.0 Å². The van der Waals surface area contributed by atoms with E-state index in [0.717, 1.165) is 19.6 Å². The normalized spacial score (nSPS) is 20.2. The zero-order chi connectivity index (χ0) is 14.6. The Morgan fingerprint density at radius 3 is 2.80 bits per heavy atom. The molecule has 112 valence electrons. The molecule has 6 heteroatoms. The van der Waals surface area contributed by atoms with Crippen LogP contribution in [-0.4, -0.2) is 46.0 Å². The maximum Gasteiger partial charge on any atom is 0.242 e. The first-order valence-electron chi connectivity index (χ1n) is 7.09. The highest BCUT2D eigenvalue weighted by Crippen LogP contribution is 2.22. The van der Waals surface area contributed by atoms with Crippen LogP contribution in [0.1, 0.15) is 19.8 Å². The lowest BCUT2D eigenvalue weighted by Crippen LogP contribution is -2.35. The van der Waals surface area contributed by atoms with E-state index in [1.165, 1.54) is 19.9 Å². The third-order valence-corrected chi connectivity index (χ3v) is 5.35. The Hall–Kier alpha value is -1.11. The van der Waals surface area contributed by atoms with Crippen molar-refractivity contribution in [3.8, 4) is 0 Å². The van der Waals surface area contributed by atoms with Crippen LogP contribution in [0.4, 0.5) is 5.69 Å². The number of nitrogens with zero attached hydrogens (tertiary/aromatic N) is 1. The SMILES string of the molecule is CCN1CCCC1CNc1ccccc1S(=O)(=O)NC. The van der Waals surface area contributed by atoms with Crippen LogP contribution >= 0.6 is 0 Å². The standard InChI is InChI=1S/C14H23N3O2S/c1-3-17-10-6-7-12(17)11-16-13-8-4-5-9-14(13)20(18,19)15-2/h4-5,8-9,12,15-16H,3,6-7,10-11H2,1-2H3. The molecule has 1 heterocycles. The van der Waals surface area contributed by atoms with Gasteiger partial charge in [-0.1, -0.05) is 19.1 Å². The van der Waals surface area contributed by atoms with E-state index in [4.69, 9.17) is 0 Å². The molecule has 2 rings (SSSR count). The predicted octanol–water partition coefficient (Wildman–Crippen LogP) is 1.49. The monoisotopic (exact) mass is 297 g/mol. The number of sulfonamides is 1. The third-order valence-electron chi connectivity index (χ3n) is 3.88. The van der Waals surface area contributed by atoms with Gasteiger partial charge in [-0.15, -0.1) is 0 Å². The quantitative estimate of drug-likeness (QED) is 0.835. The molecule has 0 spiro atoms. The van der Waals surface area contributed by atoms with Crippen LogP contribution in [-0.2, 0) is 10.0 Å². The average molecular weight is 297 g/mol. The van der Waals surface area contributed by atoms with Gasteiger partial charge in [0.05, 0.1) is 5.69 Å². The Balaban J connectivity index is 2.10. The van der Waals surface area contributed by atoms with Crippen LogP contribution in [0.15, 0.2) is 29.2 Å². The molecule has 0 aliphatic carbocycles. The zero-order valence-corrected chi connectivity index (χ0v) is 12.9. The lowest BCUT2D eigenvalue weighted by Gasteiger charge is -2.24. The van der Waals surface area contributed by atoms with E-state index in [1.54, 1.807) is 12.1 Å². The van der Waals surface area contributed by atoms with Crippen molar-refractivity contribution in [1.29, 1.82) is 0 Å². The van der Waals surface area contributed by atoms with Crippen LogP contribution in [0.3, 0.4) is 0 Å². The van der Waals surface area contributed by atoms with Crippen LogP contribution in [0.5, 0.6) is 0 Å². The lowest BCUT2D eigenvalue weighted by molar-refractivity contribution is 0.277. The van der Waals surface area contributed by atoms with E-state index in [9.17, 15) is 8.42 Å². The molecule has 1 fully saturated rings. The van der Waals surface area contributed by atoms with Crippen molar-refractivity contribution in [2.45, 2.75) is 30.7 Å². The molecule has 1 saturated heterocycles. The number of para-hydroxylation sites is 1. The van der Waals surface area contributed by atoms with Crippen LogP contribution in [0.25, 0.3) is 0 Å². The molecule has 2 N–H and O–H groups in total. The summed E-state index contributed by atoms with van der Waals surface area (Å²) in [5, 5.41) is 3.30. The summed E-state index contributed by atoms with van der Waals surface area (Å²) in [6.45, 7) is 5.13. The van der Waals surface area contributed by atoms with Gasteiger partial charge in [0.25, 0.3) is 0 Å². The summed E-state index contributed by atoms with van der Waals surface area (Å²) in [7, 11) is -1.99. The van der Waals surface area contributed by atoms with E-state index in [-0.39, 0.29) is 0 Å². The van der Waals surface area contributed by atoms with Gasteiger partial charge in [0.1, 0.15) is 4.90 Å². The second kappa shape index (κ2) is 6.56. The molecule has 0 radical (unpaired) electrons. The first-order valence-corrected chi connectivity index (χ1v) is 8.57. The number of rotatable bonds is 6. The molecular formula is C14H23N3O2S. The smallest absolute Gasteiger partial charge is 0.242 e. The second-order valence-corrected chi connectivity index (χ2v) is 6.86. The van der Waals surface area contributed by atoms with Gasteiger partial charge in [-0.25, -0.2) is 13.1 Å². The predicted molar refractivity (Wildman–Crippen MR) is 81.4 cm³/mol. The largest absolute Gasteiger partial charge is 0.382 e. The van der Waals surface area contributed by atoms with E-state index >= 15 is 0 Å². The van der Waals surface area contributed by atoms with E-state index in [1.807, 2.05) is 12.1 Å². The maximum absolute atomic E-state index is 12.0. The molecule has 1 atom stereocenters. The molecule has 1 aliphatic heterocycles. The number of hydrogen-bond acceptors (Lipinski definition) is 4. The fraction of sp³-hybridized carbons (Fsp3) is 0.571. The third kappa shape index (κ3) is 3.31. The minimum atomic E-state index is -3.42. The van der Waals surface area contributed by atoms with Gasteiger partial charge in [-0.2, -0.15) is 0 Å². The summed E-state index contributed by atoms with van der Waals surface area (Å²) in [4.78, 5) is 2.74. The van der Waals surface area contributed by atoms with Crippen molar-refractivity contribution >= 4 is 15.7 Å². The van der Waals surface area contributed by atoms with E-state index < -0.39 is 10.0 Å². The minimum Gasteiger partial charge on any atom is -0.382 e. The molecule has 1 aromatic carbocycles. The fourth-order valence-corrected chi connectivity index (χ4v) is 3.63. The number of nitrogens with one attached hydrogen (secondary N) is 2. The van der Waals surface area contributed by atoms with Crippen LogP contribution in [0, 0.1) is 0 Å². The van der Waals surface area contributed by atoms with E-state index in [0.29, 0.717) is 16.6 Å². The Morgan fingerprint density at radius 1 is 1.35 bits per heavy atom. The molecule has 5 nitrogen and oxygen atoms in total. The van der Waals surface area contributed by atoms with Crippen molar-refractivity contribution in [3.63, 3.8) is 0 Å². The summed E-state index contributed by atoms with van der Waals surface area (Å²) >= 11 is 0. The summed E-state index contributed by atoms with van der Waals surface area (Å²) in [5.74, 6) is 0. The van der Waals surface area contributed by atoms with Crippen LogP contribution < -0.4 is 10.0 Å². The Bertz CT molecular complexity index is 545. The van der Waals surface area contributed by atoms with Gasteiger partial charge < -0.3 is 5.32 Å². The molecule has 1 aliphatic rings. The topological polar surface area (TPSA) is 61.4 Å². The summed E-state index contributed by atoms with van der Waals surface area (Å²) in [6, 6.07) is 7.52. The van der Waals surface area contributed by atoms with Crippen molar-refractivity contribution in [3.05, 3.63) is 24.3 Å². The number of benzene rings is 1. The summed E-state index contributed by atoms with van der Waals surface area (Å²) < 4.78 is 26.3. The molecule has 20 heavy (non-hydrogen) atoms. The molecule has 0 saturated carbocycles. The lowest BCUT2D eigenvalue weighted by atomic mass is 10.2. The zero-order valence-electron chi connectivity index (χ0n) is 12.1. The van der Waals surface area contributed by atoms with Gasteiger partial charge in [0, 0.05) is 12.6 Å². The van der Waals surface area contributed by atoms with E-state index in [2.05, 4.69) is 21.9 Å². The molecule has 0 bridgehead atoms. The second-order valence-electron chi connectivity index (χ2n) is 5.01. The number of likely N-dealkylation sites (tertiary alicyclic amines) is 1. The van der Waals surface area contributed by atoms with Crippen molar-refractivity contribution < 1.29 is 8.42 Å². The Labute approximate surface area is 121 Å². The van der Waals surface area contributed by atoms with Crippen molar-refractivity contribution in [2.75, 3.05) is 32.0 Å². The van der Waals surface area contributed by atoms with Gasteiger partial charge in [-0.3, -0.25) is 4.90 Å². The summed E-state index contributed by atoms with van der Waals surface area (Å²) in [6.07, 6.45) is 2.39. The molecule has 0 amide bonds. The van der Waals surface area contributed by atoms with Gasteiger partial charge >= 0.3 is 0 Å². The Morgan fingerprint density at radius 2 is 2.10 bits per heavy atom. The highest BCUT2D eigenvalue weighted by atomic mass is 32.2. The number of anilines is 1.